The van der Waals surface area contributed by atoms with Crippen LogP contribution in [0.15, 0.2) is 87.5 Å². The highest BCUT2D eigenvalue weighted by Gasteiger charge is 2.16. The number of rotatable bonds is 7. The van der Waals surface area contributed by atoms with E-state index in [-0.39, 0.29) is 21.9 Å². The van der Waals surface area contributed by atoms with Crippen LogP contribution in [0.1, 0.15) is 27.6 Å². The molecule has 0 radical (unpaired) electrons. The third-order valence-corrected chi connectivity index (χ3v) is 7.50. The van der Waals surface area contributed by atoms with Crippen LogP contribution in [0, 0.1) is 0 Å². The van der Waals surface area contributed by atoms with Gasteiger partial charge in [0.1, 0.15) is 0 Å². The Morgan fingerprint density at radius 2 is 1.65 bits per heavy atom. The van der Waals surface area contributed by atoms with E-state index in [1.807, 2.05) is 29.6 Å². The summed E-state index contributed by atoms with van der Waals surface area (Å²) in [6.07, 6.45) is 0. The monoisotopic (exact) mass is 555 g/mol. The number of carbonyl (C=O) groups excluding carboxylic acids is 2. The molecule has 0 saturated heterocycles. The van der Waals surface area contributed by atoms with E-state index in [1.165, 1.54) is 48.6 Å². The minimum absolute atomic E-state index is 0.0101. The lowest BCUT2D eigenvalue weighted by Gasteiger charge is -2.09. The van der Waals surface area contributed by atoms with E-state index in [0.29, 0.717) is 10.7 Å². The fourth-order valence-corrected chi connectivity index (χ4v) is 5.08. The van der Waals surface area contributed by atoms with E-state index >= 15 is 0 Å². The number of Topliss-reactive ketones (excluding diaryl/α,β-unsaturated/α-hetero) is 1. The maximum Gasteiger partial charge on any atom is 0.261 e. The first-order chi connectivity index (χ1) is 16.2. The molecule has 0 atom stereocenters. The first-order valence-corrected chi connectivity index (χ1v) is 13.1. The van der Waals surface area contributed by atoms with Crippen molar-refractivity contribution in [3.05, 3.63) is 93.8 Å². The number of carbonyl (C=O) groups is 2. The number of halogens is 1. The maximum atomic E-state index is 12.7. The Bertz CT molecular complexity index is 1460. The van der Waals surface area contributed by atoms with Crippen LogP contribution >= 0.6 is 27.3 Å². The number of benzene rings is 3. The molecule has 0 unspecified atom stereocenters. The van der Waals surface area contributed by atoms with Gasteiger partial charge in [-0.1, -0.05) is 40.2 Å². The van der Waals surface area contributed by atoms with Crippen LogP contribution in [-0.2, 0) is 10.0 Å². The molecular formula is C24H18BrN3O4S2. The van der Waals surface area contributed by atoms with Gasteiger partial charge in [-0.05, 0) is 55.5 Å². The molecule has 1 aromatic heterocycles. The van der Waals surface area contributed by atoms with Crippen molar-refractivity contribution in [3.63, 3.8) is 0 Å². The van der Waals surface area contributed by atoms with Crippen LogP contribution in [-0.4, -0.2) is 25.1 Å². The van der Waals surface area contributed by atoms with Crippen LogP contribution < -0.4 is 10.0 Å². The molecule has 4 rings (SSSR count). The smallest absolute Gasteiger partial charge is 0.261 e. The van der Waals surface area contributed by atoms with Gasteiger partial charge >= 0.3 is 0 Å². The highest BCUT2D eigenvalue weighted by Crippen LogP contribution is 2.26. The number of hydrogen-bond acceptors (Lipinski definition) is 6. The van der Waals surface area contributed by atoms with Crippen molar-refractivity contribution in [1.82, 2.24) is 4.98 Å². The lowest BCUT2D eigenvalue weighted by atomic mass is 10.1. The average molecular weight is 556 g/mol. The van der Waals surface area contributed by atoms with Gasteiger partial charge in [-0.15, -0.1) is 11.3 Å². The van der Waals surface area contributed by atoms with Crippen molar-refractivity contribution in [2.75, 3.05) is 10.0 Å². The van der Waals surface area contributed by atoms with Gasteiger partial charge in [0.25, 0.3) is 15.9 Å². The molecule has 7 nitrogen and oxygen atoms in total. The molecular weight excluding hydrogens is 538 g/mol. The van der Waals surface area contributed by atoms with Crippen LogP contribution in [0.5, 0.6) is 0 Å². The minimum Gasteiger partial charge on any atom is -0.298 e. The molecule has 0 aliphatic heterocycles. The van der Waals surface area contributed by atoms with Crippen molar-refractivity contribution in [2.24, 2.45) is 0 Å². The van der Waals surface area contributed by atoms with Gasteiger partial charge in [0.05, 0.1) is 10.6 Å². The van der Waals surface area contributed by atoms with Crippen LogP contribution in [0.2, 0.25) is 0 Å². The molecule has 0 aliphatic carbocycles. The van der Waals surface area contributed by atoms with Gasteiger partial charge in [-0.25, -0.2) is 13.4 Å². The number of anilines is 2. The maximum absolute atomic E-state index is 12.7. The van der Waals surface area contributed by atoms with Gasteiger partial charge in [0.15, 0.2) is 10.9 Å². The second kappa shape index (κ2) is 9.88. The van der Waals surface area contributed by atoms with E-state index in [2.05, 4.69) is 31.0 Å². The summed E-state index contributed by atoms with van der Waals surface area (Å²) in [6.45, 7) is 1.41. The van der Waals surface area contributed by atoms with Crippen LogP contribution in [0.25, 0.3) is 11.3 Å². The summed E-state index contributed by atoms with van der Waals surface area (Å²) < 4.78 is 28.8. The molecule has 4 aromatic rings. The van der Waals surface area contributed by atoms with Crippen molar-refractivity contribution < 1.29 is 18.0 Å². The summed E-state index contributed by atoms with van der Waals surface area (Å²) in [5.41, 5.74) is 2.64. The van der Waals surface area contributed by atoms with E-state index in [0.717, 1.165) is 15.7 Å². The molecule has 0 fully saturated rings. The topological polar surface area (TPSA) is 105 Å². The molecule has 0 saturated carbocycles. The van der Waals surface area contributed by atoms with Crippen LogP contribution in [0.3, 0.4) is 0 Å². The van der Waals surface area contributed by atoms with Crippen molar-refractivity contribution in [2.45, 2.75) is 11.8 Å². The summed E-state index contributed by atoms with van der Waals surface area (Å²) in [6, 6.07) is 19.5. The Hall–Kier alpha value is -3.34. The first kappa shape index (κ1) is 23.8. The number of amides is 1. The number of thiazole rings is 1. The predicted molar refractivity (Wildman–Crippen MR) is 137 cm³/mol. The van der Waals surface area contributed by atoms with Crippen molar-refractivity contribution >= 4 is 59.8 Å². The van der Waals surface area contributed by atoms with E-state index in [9.17, 15) is 18.0 Å². The van der Waals surface area contributed by atoms with E-state index < -0.39 is 15.9 Å². The molecule has 1 heterocycles. The Kier molecular flexibility index (Phi) is 6.92. The molecule has 0 spiro atoms. The molecule has 1 amide bonds. The second-order valence-electron chi connectivity index (χ2n) is 7.27. The SMILES string of the molecule is CC(=O)c1cccc(NS(=O)(=O)c2ccc(C(=O)Nc3nc(-c4ccc(Br)cc4)cs3)cc2)c1. The summed E-state index contributed by atoms with van der Waals surface area (Å²) in [7, 11) is -3.89. The molecule has 0 bridgehead atoms. The van der Waals surface area contributed by atoms with Gasteiger partial charge < -0.3 is 0 Å². The molecule has 3 aromatic carbocycles. The zero-order chi connectivity index (χ0) is 24.3. The number of sulfonamides is 1. The van der Waals surface area contributed by atoms with Crippen molar-refractivity contribution in [3.8, 4) is 11.3 Å². The zero-order valence-corrected chi connectivity index (χ0v) is 21.0. The van der Waals surface area contributed by atoms with Crippen LogP contribution in [0.4, 0.5) is 10.8 Å². The number of ketones is 1. The highest BCUT2D eigenvalue weighted by atomic mass is 79.9. The number of hydrogen-bond donors (Lipinski definition) is 2. The fraction of sp³-hybridized carbons (Fsp3) is 0.0417. The first-order valence-electron chi connectivity index (χ1n) is 9.98. The van der Waals surface area contributed by atoms with Gasteiger partial charge in [0.2, 0.25) is 0 Å². The van der Waals surface area contributed by atoms with E-state index in [1.54, 1.807) is 18.2 Å². The van der Waals surface area contributed by atoms with Gasteiger partial charge in [-0.3, -0.25) is 19.6 Å². The summed E-state index contributed by atoms with van der Waals surface area (Å²) >= 11 is 4.69. The third-order valence-electron chi connectivity index (χ3n) is 4.81. The Morgan fingerprint density at radius 1 is 0.941 bits per heavy atom. The lowest BCUT2D eigenvalue weighted by Crippen LogP contribution is -2.15. The summed E-state index contributed by atoms with van der Waals surface area (Å²) in [4.78, 5) is 28.6. The predicted octanol–water partition coefficient (Wildman–Crippen LogP) is 5.83. The largest absolute Gasteiger partial charge is 0.298 e. The molecule has 172 valence electrons. The number of aromatic nitrogens is 1. The van der Waals surface area contributed by atoms with E-state index in [4.69, 9.17) is 0 Å². The van der Waals surface area contributed by atoms with Gasteiger partial charge in [-0.2, -0.15) is 0 Å². The number of nitrogens with one attached hydrogen (secondary N) is 2. The molecule has 34 heavy (non-hydrogen) atoms. The lowest BCUT2D eigenvalue weighted by molar-refractivity contribution is 0.101. The second-order valence-corrected chi connectivity index (χ2v) is 10.7. The molecule has 0 aliphatic rings. The Labute approximate surface area is 209 Å². The average Bonchev–Trinajstić information content (AvgIpc) is 3.28. The standard InChI is InChI=1S/C24H18BrN3O4S2/c1-15(29)18-3-2-4-20(13-18)28-34(31,32)21-11-7-17(8-12-21)23(30)27-24-26-22(14-33-24)16-5-9-19(25)10-6-16/h2-14,28H,1H3,(H,26,27,30). The minimum atomic E-state index is -3.89. The fourth-order valence-electron chi connectivity index (χ4n) is 3.05. The Balaban J connectivity index is 1.45. The van der Waals surface area contributed by atoms with Crippen molar-refractivity contribution in [1.29, 1.82) is 0 Å². The highest BCUT2D eigenvalue weighted by molar-refractivity contribution is 9.10. The quantitative estimate of drug-likeness (QED) is 0.279. The zero-order valence-electron chi connectivity index (χ0n) is 17.8. The summed E-state index contributed by atoms with van der Waals surface area (Å²) in [5.74, 6) is -0.566. The summed E-state index contributed by atoms with van der Waals surface area (Å²) in [5, 5.41) is 5.02. The molecule has 10 heteroatoms. The van der Waals surface area contributed by atoms with Gasteiger partial charge in [0, 0.05) is 32.2 Å². The third kappa shape index (κ3) is 5.58. The Morgan fingerprint density at radius 3 is 2.32 bits per heavy atom. The number of nitrogens with zero attached hydrogens (tertiary/aromatic N) is 1. The normalized spacial score (nSPS) is 11.1. The molecule has 2 N–H and O–H groups in total.